The number of halogens is 1. The van der Waals surface area contributed by atoms with Crippen molar-refractivity contribution in [2.24, 2.45) is 5.92 Å². The Morgan fingerprint density at radius 1 is 1.15 bits per heavy atom. The van der Waals surface area contributed by atoms with Crippen molar-refractivity contribution in [1.29, 1.82) is 0 Å². The van der Waals surface area contributed by atoms with E-state index in [9.17, 15) is 4.79 Å². The van der Waals surface area contributed by atoms with E-state index in [2.05, 4.69) is 49.4 Å². The maximum Gasteiger partial charge on any atom is 0.227 e. The van der Waals surface area contributed by atoms with Gasteiger partial charge in [0.1, 0.15) is 5.82 Å². The molecule has 210 valence electrons. The van der Waals surface area contributed by atoms with Crippen LogP contribution in [0.5, 0.6) is 0 Å². The van der Waals surface area contributed by atoms with E-state index in [4.69, 9.17) is 21.0 Å². The number of nitrogens with one attached hydrogen (secondary N) is 2. The lowest BCUT2D eigenvalue weighted by Crippen LogP contribution is -2.43. The third-order valence-electron chi connectivity index (χ3n) is 8.20. The number of aromatic nitrogens is 1. The minimum Gasteiger partial charge on any atom is -0.416 e. The van der Waals surface area contributed by atoms with Gasteiger partial charge < -0.3 is 20.0 Å². The van der Waals surface area contributed by atoms with Gasteiger partial charge in [0.05, 0.1) is 16.2 Å². The van der Waals surface area contributed by atoms with Gasteiger partial charge in [-0.1, -0.05) is 69.6 Å². The van der Waals surface area contributed by atoms with E-state index in [0.717, 1.165) is 54.9 Å². The van der Waals surface area contributed by atoms with Crippen molar-refractivity contribution in [1.82, 2.24) is 10.3 Å². The van der Waals surface area contributed by atoms with Crippen LogP contribution in [0.2, 0.25) is 23.2 Å². The van der Waals surface area contributed by atoms with Crippen LogP contribution in [0.3, 0.4) is 0 Å². The van der Waals surface area contributed by atoms with Crippen LogP contribution >= 0.6 is 11.6 Å². The van der Waals surface area contributed by atoms with E-state index >= 15 is 0 Å². The molecular formula is C31H43ClN4O2Si. The molecule has 1 aliphatic heterocycles. The molecule has 0 bridgehead atoms. The third kappa shape index (κ3) is 7.40. The van der Waals surface area contributed by atoms with E-state index in [1.807, 2.05) is 61.5 Å². The van der Waals surface area contributed by atoms with Gasteiger partial charge in [-0.3, -0.25) is 4.79 Å². The van der Waals surface area contributed by atoms with Crippen molar-refractivity contribution in [3.8, 4) is 0 Å². The number of anilines is 2. The zero-order chi connectivity index (χ0) is 28.2. The average molecular weight is 567 g/mol. The molecule has 0 aliphatic carbocycles. The number of carbonyl (C=O) groups is 1. The summed E-state index contributed by atoms with van der Waals surface area (Å²) >= 11 is 6.54. The van der Waals surface area contributed by atoms with Crippen molar-refractivity contribution >= 4 is 48.2 Å². The predicted molar refractivity (Wildman–Crippen MR) is 166 cm³/mol. The summed E-state index contributed by atoms with van der Waals surface area (Å²) in [5.74, 6) is 0.706. The van der Waals surface area contributed by atoms with Gasteiger partial charge in [-0.05, 0) is 60.8 Å². The lowest BCUT2D eigenvalue weighted by molar-refractivity contribution is -0.119. The summed E-state index contributed by atoms with van der Waals surface area (Å²) < 4.78 is 6.32. The fraction of sp³-hybridized carbons (Fsp3) is 0.484. The fourth-order valence-electron chi connectivity index (χ4n) is 4.70. The van der Waals surface area contributed by atoms with Gasteiger partial charge in [-0.25, -0.2) is 4.98 Å². The molecule has 1 saturated heterocycles. The van der Waals surface area contributed by atoms with Crippen LogP contribution in [0.25, 0.3) is 10.9 Å². The van der Waals surface area contributed by atoms with Crippen molar-refractivity contribution in [3.05, 3.63) is 65.2 Å². The summed E-state index contributed by atoms with van der Waals surface area (Å²) in [6.45, 7) is 16.8. The number of nitrogens with zero attached hydrogens (tertiary/aromatic N) is 2. The van der Waals surface area contributed by atoms with E-state index < -0.39 is 8.32 Å². The Kier molecular flexibility index (Phi) is 9.37. The van der Waals surface area contributed by atoms with Gasteiger partial charge in [0.15, 0.2) is 8.32 Å². The molecule has 2 heterocycles. The van der Waals surface area contributed by atoms with Crippen molar-refractivity contribution in [2.45, 2.75) is 64.7 Å². The molecule has 1 fully saturated rings. The largest absolute Gasteiger partial charge is 0.416 e. The highest BCUT2D eigenvalue weighted by Gasteiger charge is 2.37. The molecule has 0 unspecified atom stereocenters. The molecule has 2 N–H and O–H groups in total. The summed E-state index contributed by atoms with van der Waals surface area (Å²) in [5, 5.41) is 8.34. The lowest BCUT2D eigenvalue weighted by Gasteiger charge is -2.36. The topological polar surface area (TPSA) is 66.5 Å². The maximum absolute atomic E-state index is 13.0. The molecule has 0 radical (unpaired) electrons. The maximum atomic E-state index is 13.0. The van der Waals surface area contributed by atoms with Crippen molar-refractivity contribution < 1.29 is 9.22 Å². The Morgan fingerprint density at radius 2 is 1.90 bits per heavy atom. The zero-order valence-corrected chi connectivity index (χ0v) is 25.9. The van der Waals surface area contributed by atoms with Gasteiger partial charge in [0, 0.05) is 43.6 Å². The number of hydrogen-bond acceptors (Lipinski definition) is 5. The van der Waals surface area contributed by atoms with Crippen LogP contribution in [0, 0.1) is 5.92 Å². The summed E-state index contributed by atoms with van der Waals surface area (Å²) in [7, 11) is -1.71. The van der Waals surface area contributed by atoms with Crippen LogP contribution < -0.4 is 15.5 Å². The van der Waals surface area contributed by atoms with Crippen LogP contribution in [0.15, 0.2) is 54.6 Å². The highest BCUT2D eigenvalue weighted by molar-refractivity contribution is 6.74. The number of carbonyl (C=O) groups excluding carboxylic acids is 1. The Bertz CT molecular complexity index is 1280. The first-order chi connectivity index (χ1) is 18.4. The molecular weight excluding hydrogens is 524 g/mol. The first kappa shape index (κ1) is 29.5. The molecule has 3 aromatic rings. The van der Waals surface area contributed by atoms with Crippen LogP contribution in [0.4, 0.5) is 11.5 Å². The van der Waals surface area contributed by atoms with Crippen LogP contribution in [-0.2, 0) is 15.6 Å². The Morgan fingerprint density at radius 3 is 2.62 bits per heavy atom. The Hall–Kier alpha value is -2.45. The van der Waals surface area contributed by atoms with E-state index in [1.54, 1.807) is 0 Å². The normalized spacial score (nSPS) is 17.0. The number of amides is 1. The van der Waals surface area contributed by atoms with Crippen molar-refractivity contribution in [3.63, 3.8) is 0 Å². The lowest BCUT2D eigenvalue weighted by atomic mass is 10.00. The monoisotopic (exact) mass is 566 g/mol. The molecule has 0 spiro atoms. The smallest absolute Gasteiger partial charge is 0.227 e. The second-order valence-corrected chi connectivity index (χ2v) is 17.4. The number of rotatable bonds is 10. The molecule has 1 aromatic heterocycles. The van der Waals surface area contributed by atoms with Gasteiger partial charge >= 0.3 is 0 Å². The molecule has 0 saturated carbocycles. The fourth-order valence-corrected chi connectivity index (χ4v) is 5.95. The first-order valence-electron chi connectivity index (χ1n) is 14.0. The van der Waals surface area contributed by atoms with Crippen LogP contribution in [-0.4, -0.2) is 51.5 Å². The van der Waals surface area contributed by atoms with Crippen molar-refractivity contribution in [2.75, 3.05) is 36.5 Å². The highest BCUT2D eigenvalue weighted by Crippen LogP contribution is 2.36. The molecule has 1 aliphatic rings. The van der Waals surface area contributed by atoms with Gasteiger partial charge in [0.25, 0.3) is 0 Å². The third-order valence-corrected chi connectivity index (χ3v) is 13.1. The predicted octanol–water partition coefficient (Wildman–Crippen LogP) is 6.90. The highest BCUT2D eigenvalue weighted by atomic mass is 35.5. The molecule has 2 atom stereocenters. The Labute approximate surface area is 239 Å². The summed E-state index contributed by atoms with van der Waals surface area (Å²) in [5.41, 5.74) is 2.58. The Balaban J connectivity index is 1.36. The standard InChI is InChI=1S/C31H43ClN4O2Si/c1-22(20-23-10-8-7-9-11-23)30(37)35-29-25-12-15-28(34-27(25)14-13-26(29)32)36-18-16-24(21-36)33-17-19-38-39(5,6)31(2,3)4/h7-15,22,24,33H,16-21H2,1-6H3,(H,35,37)/t22-,24+/m1/s1. The minimum atomic E-state index is -1.71. The second kappa shape index (κ2) is 12.4. The number of pyridine rings is 1. The number of hydrogen-bond donors (Lipinski definition) is 2. The van der Waals surface area contributed by atoms with E-state index in [1.165, 1.54) is 0 Å². The van der Waals surface area contributed by atoms with Gasteiger partial charge in [-0.15, -0.1) is 0 Å². The van der Waals surface area contributed by atoms with E-state index in [0.29, 0.717) is 23.2 Å². The second-order valence-electron chi connectivity index (χ2n) is 12.2. The zero-order valence-electron chi connectivity index (χ0n) is 24.2. The quantitative estimate of drug-likeness (QED) is 0.206. The summed E-state index contributed by atoms with van der Waals surface area (Å²) in [4.78, 5) is 20.3. The average Bonchev–Trinajstić information content (AvgIpc) is 3.37. The molecule has 6 nitrogen and oxygen atoms in total. The first-order valence-corrected chi connectivity index (χ1v) is 17.3. The number of benzene rings is 2. The molecule has 2 aromatic carbocycles. The number of fused-ring (bicyclic) bond motifs is 1. The van der Waals surface area contributed by atoms with Gasteiger partial charge in [0.2, 0.25) is 5.91 Å². The molecule has 4 rings (SSSR count). The minimum absolute atomic E-state index is 0.0525. The van der Waals surface area contributed by atoms with Gasteiger partial charge in [-0.2, -0.15) is 0 Å². The summed E-state index contributed by atoms with van der Waals surface area (Å²) in [6.07, 6.45) is 1.74. The van der Waals surface area contributed by atoms with Crippen LogP contribution in [0.1, 0.15) is 39.7 Å². The van der Waals surface area contributed by atoms with E-state index in [-0.39, 0.29) is 16.9 Å². The molecule has 8 heteroatoms. The SMILES string of the molecule is C[C@H](Cc1ccccc1)C(=O)Nc1c(Cl)ccc2nc(N3CC[C@H](NCCO[Si](C)(C)C(C)(C)C)C3)ccc12. The summed E-state index contributed by atoms with van der Waals surface area (Å²) in [6, 6.07) is 18.3. The molecule has 39 heavy (non-hydrogen) atoms. The molecule has 1 amide bonds.